The van der Waals surface area contributed by atoms with Crippen molar-refractivity contribution in [2.45, 2.75) is 25.9 Å². The van der Waals surface area contributed by atoms with Crippen molar-refractivity contribution < 1.29 is 4.74 Å². The minimum atomic E-state index is 0.185. The monoisotopic (exact) mass is 285 g/mol. The molecule has 2 heterocycles. The van der Waals surface area contributed by atoms with Crippen molar-refractivity contribution in [2.75, 3.05) is 18.5 Å². The summed E-state index contributed by atoms with van der Waals surface area (Å²) in [5.74, 6) is 0.792. The first-order valence-electron chi connectivity index (χ1n) is 7.14. The van der Waals surface area contributed by atoms with E-state index in [1.807, 2.05) is 31.2 Å². The highest BCUT2D eigenvalue weighted by Gasteiger charge is 2.14. The first-order chi connectivity index (χ1) is 10.2. The molecule has 6 heteroatoms. The van der Waals surface area contributed by atoms with Gasteiger partial charge in [-0.1, -0.05) is 18.2 Å². The summed E-state index contributed by atoms with van der Waals surface area (Å²) in [5, 5.41) is 3.99. The number of benzene rings is 1. The van der Waals surface area contributed by atoms with E-state index >= 15 is 0 Å². The highest BCUT2D eigenvalue weighted by Crippen LogP contribution is 2.16. The van der Waals surface area contributed by atoms with Crippen molar-refractivity contribution in [1.29, 1.82) is 0 Å². The average Bonchev–Trinajstić information content (AvgIpc) is 2.98. The third-order valence-electron chi connectivity index (χ3n) is 3.52. The maximum atomic E-state index is 5.88. The molecule has 0 aliphatic carbocycles. The number of guanidine groups is 1. The van der Waals surface area contributed by atoms with Crippen LogP contribution in [-0.4, -0.2) is 35.2 Å². The van der Waals surface area contributed by atoms with Gasteiger partial charge in [-0.3, -0.25) is 10.3 Å². The molecule has 0 spiro atoms. The van der Waals surface area contributed by atoms with Crippen LogP contribution in [0.15, 0.2) is 29.3 Å². The summed E-state index contributed by atoms with van der Waals surface area (Å²) < 4.78 is 5.51. The summed E-state index contributed by atoms with van der Waals surface area (Å²) in [4.78, 5) is 13.1. The number of nitrogens with one attached hydrogen (secondary N) is 1. The van der Waals surface area contributed by atoms with Crippen molar-refractivity contribution in [1.82, 2.24) is 9.97 Å². The van der Waals surface area contributed by atoms with E-state index < -0.39 is 0 Å². The zero-order chi connectivity index (χ0) is 14.7. The van der Waals surface area contributed by atoms with Gasteiger partial charge >= 0.3 is 0 Å². The molecule has 110 valence electrons. The summed E-state index contributed by atoms with van der Waals surface area (Å²) in [6.45, 7) is 3.35. The number of hydrogen-bond donors (Lipinski definition) is 2. The van der Waals surface area contributed by atoms with Crippen molar-refractivity contribution in [3.05, 3.63) is 30.0 Å². The maximum absolute atomic E-state index is 5.88. The molecule has 3 N–H and O–H groups in total. The number of fused-ring (bicyclic) bond motifs is 1. The lowest BCUT2D eigenvalue weighted by Crippen LogP contribution is -2.26. The Kier molecular flexibility index (Phi) is 3.96. The van der Waals surface area contributed by atoms with E-state index in [1.165, 1.54) is 0 Å². The van der Waals surface area contributed by atoms with Crippen LogP contribution in [0.5, 0.6) is 0 Å². The molecule has 2 aromatic rings. The summed E-state index contributed by atoms with van der Waals surface area (Å²) in [7, 11) is 0. The normalized spacial score (nSPS) is 19.1. The van der Waals surface area contributed by atoms with Gasteiger partial charge in [0.05, 0.1) is 23.9 Å². The van der Waals surface area contributed by atoms with E-state index in [-0.39, 0.29) is 6.10 Å². The van der Waals surface area contributed by atoms with Crippen LogP contribution in [0.25, 0.3) is 10.9 Å². The third-order valence-corrected chi connectivity index (χ3v) is 3.52. The SMILES string of the molecule is Cc1nc(NC(N)=NCC2CCCO2)nc2ccccc12. The Labute approximate surface area is 123 Å². The lowest BCUT2D eigenvalue weighted by molar-refractivity contribution is 0.118. The van der Waals surface area contributed by atoms with Crippen LogP contribution in [0.2, 0.25) is 0 Å². The smallest absolute Gasteiger partial charge is 0.230 e. The van der Waals surface area contributed by atoms with E-state index in [2.05, 4.69) is 20.3 Å². The fraction of sp³-hybridized carbons (Fsp3) is 0.400. The largest absolute Gasteiger partial charge is 0.376 e. The van der Waals surface area contributed by atoms with E-state index in [1.54, 1.807) is 0 Å². The number of rotatable bonds is 3. The fourth-order valence-electron chi connectivity index (χ4n) is 2.43. The van der Waals surface area contributed by atoms with Crippen molar-refractivity contribution >= 4 is 22.8 Å². The zero-order valence-electron chi connectivity index (χ0n) is 12.0. The molecule has 1 aliphatic heterocycles. The van der Waals surface area contributed by atoms with Gasteiger partial charge in [-0.05, 0) is 25.8 Å². The molecule has 1 fully saturated rings. The summed E-state index contributed by atoms with van der Waals surface area (Å²) >= 11 is 0. The van der Waals surface area contributed by atoms with Crippen LogP contribution in [0, 0.1) is 6.92 Å². The van der Waals surface area contributed by atoms with Gasteiger partial charge in [-0.25, -0.2) is 9.97 Å². The minimum Gasteiger partial charge on any atom is -0.376 e. The molecule has 0 amide bonds. The second-order valence-corrected chi connectivity index (χ2v) is 5.14. The Balaban J connectivity index is 1.73. The second-order valence-electron chi connectivity index (χ2n) is 5.14. The van der Waals surface area contributed by atoms with E-state index in [0.29, 0.717) is 18.5 Å². The standard InChI is InChI=1S/C15H19N5O/c1-10-12-6-2-3-7-13(12)19-15(18-10)20-14(16)17-9-11-5-4-8-21-11/h2-3,6-7,11H,4-5,8-9H2,1H3,(H3,16,17,18,19,20). The van der Waals surface area contributed by atoms with Gasteiger partial charge in [0.25, 0.3) is 0 Å². The van der Waals surface area contributed by atoms with Crippen LogP contribution in [0.4, 0.5) is 5.95 Å². The van der Waals surface area contributed by atoms with E-state index in [9.17, 15) is 0 Å². The number of aryl methyl sites for hydroxylation is 1. The van der Waals surface area contributed by atoms with Crippen LogP contribution < -0.4 is 11.1 Å². The highest BCUT2D eigenvalue weighted by atomic mass is 16.5. The Bertz CT molecular complexity index is 664. The molecule has 0 saturated carbocycles. The molecule has 1 saturated heterocycles. The summed E-state index contributed by atoms with van der Waals surface area (Å²) in [6.07, 6.45) is 2.33. The number of anilines is 1. The highest BCUT2D eigenvalue weighted by molar-refractivity contribution is 5.92. The minimum absolute atomic E-state index is 0.185. The predicted molar refractivity (Wildman–Crippen MR) is 83.4 cm³/mol. The van der Waals surface area contributed by atoms with E-state index in [0.717, 1.165) is 36.0 Å². The molecule has 1 aliphatic rings. The molecule has 0 bridgehead atoms. The van der Waals surface area contributed by atoms with Gasteiger partial charge in [0.15, 0.2) is 5.96 Å². The summed E-state index contributed by atoms with van der Waals surface area (Å²) in [5.41, 5.74) is 7.68. The predicted octanol–water partition coefficient (Wildman–Crippen LogP) is 1.84. The molecule has 0 radical (unpaired) electrons. The lowest BCUT2D eigenvalue weighted by Gasteiger charge is -2.09. The molecule has 6 nitrogen and oxygen atoms in total. The van der Waals surface area contributed by atoms with Crippen LogP contribution in [-0.2, 0) is 4.74 Å². The first-order valence-corrected chi connectivity index (χ1v) is 7.14. The number of nitrogens with two attached hydrogens (primary N) is 1. The van der Waals surface area contributed by atoms with Crippen molar-refractivity contribution in [2.24, 2.45) is 10.7 Å². The van der Waals surface area contributed by atoms with Gasteiger partial charge < -0.3 is 10.5 Å². The van der Waals surface area contributed by atoms with Crippen molar-refractivity contribution in [3.63, 3.8) is 0 Å². The van der Waals surface area contributed by atoms with Gasteiger partial charge in [0, 0.05) is 12.0 Å². The number of hydrogen-bond acceptors (Lipinski definition) is 4. The van der Waals surface area contributed by atoms with E-state index in [4.69, 9.17) is 10.5 Å². The molecule has 3 rings (SSSR count). The number of ether oxygens (including phenoxy) is 1. The third kappa shape index (κ3) is 3.28. The first kappa shape index (κ1) is 13.8. The average molecular weight is 285 g/mol. The molecule has 1 aromatic heterocycles. The molecule has 21 heavy (non-hydrogen) atoms. The van der Waals surface area contributed by atoms with Gasteiger partial charge in [0.2, 0.25) is 5.95 Å². The van der Waals surface area contributed by atoms with Gasteiger partial charge in [-0.15, -0.1) is 0 Å². The number of para-hydroxylation sites is 1. The van der Waals surface area contributed by atoms with Crippen LogP contribution in [0.3, 0.4) is 0 Å². The lowest BCUT2D eigenvalue weighted by atomic mass is 10.2. The number of aromatic nitrogens is 2. The van der Waals surface area contributed by atoms with Crippen molar-refractivity contribution in [3.8, 4) is 0 Å². The van der Waals surface area contributed by atoms with Gasteiger partial charge in [0.1, 0.15) is 0 Å². The number of aliphatic imine (C=N–C) groups is 1. The molecular weight excluding hydrogens is 266 g/mol. The van der Waals surface area contributed by atoms with Crippen LogP contribution >= 0.6 is 0 Å². The Morgan fingerprint density at radius 2 is 2.29 bits per heavy atom. The van der Waals surface area contributed by atoms with Gasteiger partial charge in [-0.2, -0.15) is 0 Å². The summed E-state index contributed by atoms with van der Waals surface area (Å²) in [6, 6.07) is 7.88. The Morgan fingerprint density at radius 1 is 1.43 bits per heavy atom. The Hall–Kier alpha value is -2.21. The zero-order valence-corrected chi connectivity index (χ0v) is 12.0. The Morgan fingerprint density at radius 3 is 3.10 bits per heavy atom. The molecular formula is C15H19N5O. The topological polar surface area (TPSA) is 85.4 Å². The fourth-order valence-corrected chi connectivity index (χ4v) is 2.43. The maximum Gasteiger partial charge on any atom is 0.230 e. The molecule has 1 atom stereocenters. The second kappa shape index (κ2) is 6.05. The molecule has 1 unspecified atom stereocenters. The van der Waals surface area contributed by atoms with Crippen LogP contribution in [0.1, 0.15) is 18.5 Å². The molecule has 1 aromatic carbocycles. The number of nitrogens with zero attached hydrogens (tertiary/aromatic N) is 3. The quantitative estimate of drug-likeness (QED) is 0.664.